The highest BCUT2D eigenvalue weighted by molar-refractivity contribution is 7.99. The molecule has 9 nitrogen and oxygen atoms in total. The van der Waals surface area contributed by atoms with Gasteiger partial charge in [-0.3, -0.25) is 14.9 Å². The fourth-order valence-electron chi connectivity index (χ4n) is 2.56. The Morgan fingerprint density at radius 2 is 1.90 bits per heavy atom. The van der Waals surface area contributed by atoms with E-state index in [2.05, 4.69) is 15.5 Å². The van der Waals surface area contributed by atoms with E-state index in [-0.39, 0.29) is 23.5 Å². The molecule has 0 aliphatic rings. The van der Waals surface area contributed by atoms with Gasteiger partial charge in [-0.2, -0.15) is 0 Å². The van der Waals surface area contributed by atoms with Crippen molar-refractivity contribution in [2.45, 2.75) is 18.2 Å². The first-order valence-electron chi connectivity index (χ1n) is 8.72. The number of benzene rings is 2. The van der Waals surface area contributed by atoms with Crippen LogP contribution in [-0.2, 0) is 11.8 Å². The molecule has 0 saturated heterocycles. The number of ether oxygens (including phenoxy) is 1. The maximum absolute atomic E-state index is 12.1. The molecule has 0 aliphatic carbocycles. The Bertz CT molecular complexity index is 992. The number of amides is 1. The number of non-ortho nitro benzene ring substituents is 1. The van der Waals surface area contributed by atoms with E-state index in [1.54, 1.807) is 4.57 Å². The highest BCUT2D eigenvalue weighted by Crippen LogP contribution is 2.23. The Balaban J connectivity index is 1.55. The third-order valence-electron chi connectivity index (χ3n) is 3.98. The average Bonchev–Trinajstić information content (AvgIpc) is 3.08. The summed E-state index contributed by atoms with van der Waals surface area (Å²) in [6.45, 7) is 1.88. The van der Waals surface area contributed by atoms with Gasteiger partial charge in [-0.15, -0.1) is 10.2 Å². The summed E-state index contributed by atoms with van der Waals surface area (Å²) in [6.07, 6.45) is -0.307. The summed E-state index contributed by atoms with van der Waals surface area (Å²) in [4.78, 5) is 22.3. The predicted octanol–water partition coefficient (Wildman–Crippen LogP) is 3.59. The van der Waals surface area contributed by atoms with Crippen LogP contribution in [0.1, 0.15) is 18.9 Å². The van der Waals surface area contributed by atoms with Crippen LogP contribution >= 0.6 is 11.8 Å². The van der Waals surface area contributed by atoms with E-state index in [9.17, 15) is 14.9 Å². The molecule has 0 saturated carbocycles. The van der Waals surface area contributed by atoms with E-state index in [1.807, 2.05) is 44.3 Å². The van der Waals surface area contributed by atoms with E-state index in [0.717, 1.165) is 5.75 Å². The summed E-state index contributed by atoms with van der Waals surface area (Å²) in [7, 11) is 1.82. The lowest BCUT2D eigenvalue weighted by Gasteiger charge is -2.14. The van der Waals surface area contributed by atoms with Crippen molar-refractivity contribution in [2.75, 3.05) is 11.1 Å². The summed E-state index contributed by atoms with van der Waals surface area (Å²) in [5.74, 6) is 1.26. The van der Waals surface area contributed by atoms with Crippen LogP contribution in [0.15, 0.2) is 59.8 Å². The van der Waals surface area contributed by atoms with Crippen LogP contribution in [-0.4, -0.2) is 31.3 Å². The molecule has 29 heavy (non-hydrogen) atoms. The number of hydrogen-bond donors (Lipinski definition) is 1. The monoisotopic (exact) mass is 413 g/mol. The zero-order valence-electron chi connectivity index (χ0n) is 15.8. The number of nitro groups is 1. The molecule has 0 radical (unpaired) electrons. The highest BCUT2D eigenvalue weighted by Gasteiger charge is 2.18. The average molecular weight is 413 g/mol. The summed E-state index contributed by atoms with van der Waals surface area (Å²) < 4.78 is 7.65. The summed E-state index contributed by atoms with van der Waals surface area (Å²) >= 11 is 1.24. The molecule has 0 fully saturated rings. The lowest BCUT2D eigenvalue weighted by Crippen LogP contribution is -2.14. The molecule has 1 heterocycles. The van der Waals surface area contributed by atoms with Crippen molar-refractivity contribution in [1.29, 1.82) is 0 Å². The molecule has 0 spiro atoms. The first-order chi connectivity index (χ1) is 13.9. The van der Waals surface area contributed by atoms with Gasteiger partial charge >= 0.3 is 0 Å². The van der Waals surface area contributed by atoms with Crippen molar-refractivity contribution in [2.24, 2.45) is 7.05 Å². The minimum Gasteiger partial charge on any atom is -0.483 e. The number of carbonyl (C=O) groups is 1. The maximum atomic E-state index is 12.1. The summed E-state index contributed by atoms with van der Waals surface area (Å²) in [6, 6.07) is 15.1. The van der Waals surface area contributed by atoms with Crippen LogP contribution < -0.4 is 10.1 Å². The molecule has 1 amide bonds. The predicted molar refractivity (Wildman–Crippen MR) is 109 cm³/mol. The van der Waals surface area contributed by atoms with Gasteiger partial charge in [-0.05, 0) is 31.2 Å². The van der Waals surface area contributed by atoms with E-state index in [0.29, 0.717) is 16.7 Å². The van der Waals surface area contributed by atoms with Crippen molar-refractivity contribution in [1.82, 2.24) is 14.8 Å². The Morgan fingerprint density at radius 3 is 2.55 bits per heavy atom. The number of nitro benzene ring substituents is 1. The number of nitrogens with one attached hydrogen (secondary N) is 1. The van der Waals surface area contributed by atoms with Gasteiger partial charge in [0.2, 0.25) is 5.91 Å². The van der Waals surface area contributed by atoms with Gasteiger partial charge in [0.15, 0.2) is 17.1 Å². The molecule has 1 aromatic heterocycles. The normalized spacial score (nSPS) is 11.7. The van der Waals surface area contributed by atoms with E-state index in [4.69, 9.17) is 4.74 Å². The van der Waals surface area contributed by atoms with Gasteiger partial charge in [-0.1, -0.05) is 30.0 Å². The molecule has 10 heteroatoms. The molecular weight excluding hydrogens is 394 g/mol. The zero-order valence-corrected chi connectivity index (χ0v) is 16.6. The number of rotatable bonds is 8. The molecule has 3 rings (SSSR count). The smallest absolute Gasteiger partial charge is 0.269 e. The van der Waals surface area contributed by atoms with Gasteiger partial charge in [0.25, 0.3) is 5.69 Å². The van der Waals surface area contributed by atoms with Crippen LogP contribution in [0.4, 0.5) is 11.4 Å². The third kappa shape index (κ3) is 5.32. The second-order valence-corrected chi connectivity index (χ2v) is 7.06. The number of nitrogens with zero attached hydrogens (tertiary/aromatic N) is 4. The Morgan fingerprint density at radius 1 is 1.21 bits per heavy atom. The molecule has 3 aromatic rings. The molecule has 2 aromatic carbocycles. The third-order valence-corrected chi connectivity index (χ3v) is 5.00. The van der Waals surface area contributed by atoms with Crippen LogP contribution in [0, 0.1) is 10.1 Å². The van der Waals surface area contributed by atoms with Gasteiger partial charge in [0, 0.05) is 24.9 Å². The quantitative estimate of drug-likeness (QED) is 0.341. The number of aromatic nitrogens is 3. The zero-order chi connectivity index (χ0) is 20.8. The first kappa shape index (κ1) is 20.3. The Kier molecular flexibility index (Phi) is 6.45. The van der Waals surface area contributed by atoms with Crippen LogP contribution in [0.3, 0.4) is 0 Å². The minimum absolute atomic E-state index is 0.0316. The molecule has 0 bridgehead atoms. The van der Waals surface area contributed by atoms with Crippen LogP contribution in [0.2, 0.25) is 0 Å². The van der Waals surface area contributed by atoms with Gasteiger partial charge in [0.05, 0.1) is 10.7 Å². The van der Waals surface area contributed by atoms with Crippen molar-refractivity contribution in [3.8, 4) is 5.75 Å². The lowest BCUT2D eigenvalue weighted by atomic mass is 10.3. The van der Waals surface area contributed by atoms with Gasteiger partial charge in [0.1, 0.15) is 5.75 Å². The second-order valence-electron chi connectivity index (χ2n) is 6.11. The lowest BCUT2D eigenvalue weighted by molar-refractivity contribution is -0.384. The van der Waals surface area contributed by atoms with Crippen LogP contribution in [0.5, 0.6) is 5.75 Å². The fourth-order valence-corrected chi connectivity index (χ4v) is 3.27. The number of hydrogen-bond acceptors (Lipinski definition) is 7. The number of thioether (sulfide) groups is 1. The number of carbonyl (C=O) groups excluding carboxylic acids is 1. The number of para-hydroxylation sites is 1. The maximum Gasteiger partial charge on any atom is 0.269 e. The molecule has 1 N–H and O–H groups in total. The number of anilines is 1. The largest absolute Gasteiger partial charge is 0.483 e. The molecule has 1 atom stereocenters. The van der Waals surface area contributed by atoms with Crippen molar-refractivity contribution in [3.63, 3.8) is 0 Å². The van der Waals surface area contributed by atoms with E-state index < -0.39 is 4.92 Å². The Hall–Kier alpha value is -3.40. The standard InChI is InChI=1S/C19H19N5O4S/c1-13(28-16-6-4-3-5-7-16)18-21-22-19(23(18)2)29-12-17(25)20-14-8-10-15(11-9-14)24(26)27/h3-11,13H,12H2,1-2H3,(H,20,25). The van der Waals surface area contributed by atoms with Crippen molar-refractivity contribution >= 4 is 29.0 Å². The summed E-state index contributed by atoms with van der Waals surface area (Å²) in [5, 5.41) is 22.3. The topological polar surface area (TPSA) is 112 Å². The Labute approximate surface area is 171 Å². The highest BCUT2D eigenvalue weighted by atomic mass is 32.2. The first-order valence-corrected chi connectivity index (χ1v) is 9.70. The van der Waals surface area contributed by atoms with Crippen molar-refractivity contribution < 1.29 is 14.5 Å². The van der Waals surface area contributed by atoms with E-state index >= 15 is 0 Å². The molecule has 150 valence electrons. The van der Waals surface area contributed by atoms with Gasteiger partial charge < -0.3 is 14.6 Å². The molecule has 1 unspecified atom stereocenters. The second kappa shape index (κ2) is 9.20. The summed E-state index contributed by atoms with van der Waals surface area (Å²) in [5.41, 5.74) is 0.459. The van der Waals surface area contributed by atoms with Gasteiger partial charge in [-0.25, -0.2) is 0 Å². The molecular formula is C19H19N5O4S. The van der Waals surface area contributed by atoms with Crippen molar-refractivity contribution in [3.05, 3.63) is 70.5 Å². The molecule has 0 aliphatic heterocycles. The van der Waals surface area contributed by atoms with Crippen LogP contribution in [0.25, 0.3) is 0 Å². The minimum atomic E-state index is -0.490. The SMILES string of the molecule is CC(Oc1ccccc1)c1nnc(SCC(=O)Nc2ccc([N+](=O)[O-])cc2)n1C. The van der Waals surface area contributed by atoms with E-state index in [1.165, 1.54) is 36.0 Å². The fraction of sp³-hybridized carbons (Fsp3) is 0.211.